The molecule has 1 saturated heterocycles. The van der Waals surface area contributed by atoms with E-state index in [9.17, 15) is 9.59 Å². The van der Waals surface area contributed by atoms with Crippen LogP contribution < -0.4 is 10.6 Å². The van der Waals surface area contributed by atoms with Gasteiger partial charge in [-0.3, -0.25) is 14.9 Å². The predicted octanol–water partition coefficient (Wildman–Crippen LogP) is 4.07. The second kappa shape index (κ2) is 9.32. The number of amides is 2. The summed E-state index contributed by atoms with van der Waals surface area (Å²) < 4.78 is 0.937. The SMILES string of the molecule is CN1CCN(C(=O)c2cccc(NC(=S)NC(=O)c3sc4ccccc4c3Cl)c2)CC1. The summed E-state index contributed by atoms with van der Waals surface area (Å²) in [4.78, 5) is 29.9. The highest BCUT2D eigenvalue weighted by atomic mass is 35.5. The number of nitrogens with one attached hydrogen (secondary N) is 2. The summed E-state index contributed by atoms with van der Waals surface area (Å²) >= 11 is 13.0. The van der Waals surface area contributed by atoms with Crippen LogP contribution in [0, 0.1) is 0 Å². The Morgan fingerprint density at radius 1 is 1.06 bits per heavy atom. The Morgan fingerprint density at radius 3 is 2.55 bits per heavy atom. The lowest BCUT2D eigenvalue weighted by molar-refractivity contribution is 0.0664. The van der Waals surface area contributed by atoms with E-state index in [0.29, 0.717) is 34.2 Å². The van der Waals surface area contributed by atoms with Crippen molar-refractivity contribution in [3.8, 4) is 0 Å². The average molecular weight is 473 g/mol. The zero-order valence-corrected chi connectivity index (χ0v) is 19.2. The number of fused-ring (bicyclic) bond motifs is 1. The second-order valence-electron chi connectivity index (χ2n) is 7.33. The summed E-state index contributed by atoms with van der Waals surface area (Å²) in [6, 6.07) is 14.7. The summed E-state index contributed by atoms with van der Waals surface area (Å²) in [7, 11) is 2.05. The minimum Gasteiger partial charge on any atom is -0.336 e. The Bertz CT molecular complexity index is 1160. The van der Waals surface area contributed by atoms with Crippen LogP contribution >= 0.6 is 35.2 Å². The van der Waals surface area contributed by atoms with Crippen molar-refractivity contribution in [2.24, 2.45) is 0 Å². The summed E-state index contributed by atoms with van der Waals surface area (Å²) in [6.07, 6.45) is 0. The molecule has 2 heterocycles. The maximum atomic E-state index is 12.8. The second-order valence-corrected chi connectivity index (χ2v) is 9.16. The van der Waals surface area contributed by atoms with Crippen LogP contribution in [-0.2, 0) is 0 Å². The van der Waals surface area contributed by atoms with Crippen molar-refractivity contribution in [2.75, 3.05) is 38.5 Å². The number of likely N-dealkylation sites (N-methyl/N-ethyl adjacent to an activating group) is 1. The predicted molar refractivity (Wildman–Crippen MR) is 130 cm³/mol. The molecule has 31 heavy (non-hydrogen) atoms. The van der Waals surface area contributed by atoms with Crippen molar-refractivity contribution in [3.63, 3.8) is 0 Å². The lowest BCUT2D eigenvalue weighted by Crippen LogP contribution is -2.47. The van der Waals surface area contributed by atoms with E-state index in [1.165, 1.54) is 11.3 Å². The van der Waals surface area contributed by atoms with Crippen molar-refractivity contribution in [1.29, 1.82) is 0 Å². The molecular formula is C22H21ClN4O2S2. The van der Waals surface area contributed by atoms with Crippen LogP contribution in [0.1, 0.15) is 20.0 Å². The van der Waals surface area contributed by atoms with Gasteiger partial charge >= 0.3 is 0 Å². The van der Waals surface area contributed by atoms with E-state index in [0.717, 1.165) is 23.2 Å². The summed E-state index contributed by atoms with van der Waals surface area (Å²) in [6.45, 7) is 3.13. The number of carbonyl (C=O) groups excluding carboxylic acids is 2. The lowest BCUT2D eigenvalue weighted by Gasteiger charge is -2.32. The van der Waals surface area contributed by atoms with Crippen molar-refractivity contribution in [1.82, 2.24) is 15.1 Å². The van der Waals surface area contributed by atoms with Gasteiger partial charge in [-0.1, -0.05) is 35.9 Å². The zero-order chi connectivity index (χ0) is 22.0. The van der Waals surface area contributed by atoms with Gasteiger partial charge in [0.05, 0.1) is 5.02 Å². The highest BCUT2D eigenvalue weighted by molar-refractivity contribution is 7.80. The van der Waals surface area contributed by atoms with Gasteiger partial charge in [-0.2, -0.15) is 0 Å². The topological polar surface area (TPSA) is 64.7 Å². The van der Waals surface area contributed by atoms with Gasteiger partial charge in [0.15, 0.2) is 5.11 Å². The first kappa shape index (κ1) is 21.7. The number of thiocarbonyl (C=S) groups is 1. The van der Waals surface area contributed by atoms with Crippen molar-refractivity contribution in [2.45, 2.75) is 0 Å². The minimum atomic E-state index is -0.367. The molecule has 0 atom stereocenters. The van der Waals surface area contributed by atoms with E-state index in [2.05, 4.69) is 15.5 Å². The molecule has 160 valence electrons. The van der Waals surface area contributed by atoms with Gasteiger partial charge in [-0.05, 0) is 43.5 Å². The van der Waals surface area contributed by atoms with E-state index in [1.807, 2.05) is 36.2 Å². The Kier molecular flexibility index (Phi) is 6.52. The first-order valence-corrected chi connectivity index (χ1v) is 11.4. The van der Waals surface area contributed by atoms with Gasteiger partial charge in [0.1, 0.15) is 4.88 Å². The van der Waals surface area contributed by atoms with Gasteiger partial charge < -0.3 is 15.1 Å². The number of nitrogens with zero attached hydrogens (tertiary/aromatic N) is 2. The first-order valence-electron chi connectivity index (χ1n) is 9.79. The van der Waals surface area contributed by atoms with E-state index in [-0.39, 0.29) is 16.9 Å². The number of thiophene rings is 1. The molecule has 0 radical (unpaired) electrons. The Hall–Kier alpha value is -2.52. The van der Waals surface area contributed by atoms with Crippen LogP contribution in [0.4, 0.5) is 5.69 Å². The molecule has 0 saturated carbocycles. The molecular weight excluding hydrogens is 452 g/mol. The van der Waals surface area contributed by atoms with Crippen molar-refractivity contribution >= 4 is 67.9 Å². The molecule has 0 bridgehead atoms. The Labute approximate surface area is 194 Å². The lowest BCUT2D eigenvalue weighted by atomic mass is 10.1. The highest BCUT2D eigenvalue weighted by Crippen LogP contribution is 2.35. The normalized spacial score (nSPS) is 14.5. The summed E-state index contributed by atoms with van der Waals surface area (Å²) in [5.74, 6) is -0.378. The molecule has 1 aromatic heterocycles. The number of anilines is 1. The number of rotatable bonds is 3. The van der Waals surface area contributed by atoms with E-state index in [4.69, 9.17) is 23.8 Å². The summed E-state index contributed by atoms with van der Waals surface area (Å²) in [5.41, 5.74) is 1.21. The van der Waals surface area contributed by atoms with Crippen molar-refractivity contribution < 1.29 is 9.59 Å². The van der Waals surface area contributed by atoms with Crippen LogP contribution in [-0.4, -0.2) is 60.0 Å². The third kappa shape index (κ3) is 4.88. The molecule has 6 nitrogen and oxygen atoms in total. The minimum absolute atomic E-state index is 0.0104. The molecule has 2 amide bonds. The Balaban J connectivity index is 1.41. The van der Waals surface area contributed by atoms with Gasteiger partial charge in [-0.15, -0.1) is 11.3 Å². The smallest absolute Gasteiger partial charge is 0.269 e. The number of piperazine rings is 1. The fraction of sp³-hybridized carbons (Fsp3) is 0.227. The largest absolute Gasteiger partial charge is 0.336 e. The van der Waals surface area contributed by atoms with E-state index < -0.39 is 0 Å². The van der Waals surface area contributed by atoms with E-state index >= 15 is 0 Å². The van der Waals surface area contributed by atoms with E-state index in [1.54, 1.807) is 24.3 Å². The highest BCUT2D eigenvalue weighted by Gasteiger charge is 2.21. The van der Waals surface area contributed by atoms with Gasteiger partial charge in [0.25, 0.3) is 11.8 Å². The molecule has 9 heteroatoms. The van der Waals surface area contributed by atoms with Crippen LogP contribution in [0.3, 0.4) is 0 Å². The molecule has 3 aromatic rings. The standard InChI is InChI=1S/C22H21ClN4O2S2/c1-26-9-11-27(12-10-26)21(29)14-5-4-6-15(13-14)24-22(30)25-20(28)19-18(23)16-7-2-3-8-17(16)31-19/h2-8,13H,9-12H2,1H3,(H2,24,25,28,30). The maximum Gasteiger partial charge on any atom is 0.269 e. The zero-order valence-electron chi connectivity index (χ0n) is 16.9. The maximum absolute atomic E-state index is 12.8. The van der Waals surface area contributed by atoms with Gasteiger partial charge in [0, 0.05) is 47.5 Å². The molecule has 2 N–H and O–H groups in total. The van der Waals surface area contributed by atoms with Crippen LogP contribution in [0.15, 0.2) is 48.5 Å². The first-order chi connectivity index (χ1) is 14.9. The number of halogens is 1. The molecule has 0 unspecified atom stereocenters. The molecule has 2 aromatic carbocycles. The molecule has 0 spiro atoms. The molecule has 4 rings (SSSR count). The molecule has 1 fully saturated rings. The monoisotopic (exact) mass is 472 g/mol. The molecule has 0 aliphatic carbocycles. The average Bonchev–Trinajstić information content (AvgIpc) is 3.11. The van der Waals surface area contributed by atoms with Gasteiger partial charge in [-0.25, -0.2) is 0 Å². The van der Waals surface area contributed by atoms with Crippen LogP contribution in [0.25, 0.3) is 10.1 Å². The van der Waals surface area contributed by atoms with Crippen LogP contribution in [0.5, 0.6) is 0 Å². The quantitative estimate of drug-likeness (QED) is 0.562. The molecule has 1 aliphatic heterocycles. The van der Waals surface area contributed by atoms with Crippen molar-refractivity contribution in [3.05, 3.63) is 64.0 Å². The third-order valence-electron chi connectivity index (χ3n) is 5.13. The Morgan fingerprint density at radius 2 is 1.81 bits per heavy atom. The number of hydrogen-bond donors (Lipinski definition) is 2. The fourth-order valence-corrected chi connectivity index (χ4v) is 5.03. The number of benzene rings is 2. The third-order valence-corrected chi connectivity index (χ3v) is 7.00. The summed E-state index contributed by atoms with van der Waals surface area (Å²) in [5, 5.41) is 7.05. The number of carbonyl (C=O) groups is 2. The fourth-order valence-electron chi connectivity index (χ4n) is 3.40. The van der Waals surface area contributed by atoms with Crippen LogP contribution in [0.2, 0.25) is 5.02 Å². The van der Waals surface area contributed by atoms with Gasteiger partial charge in [0.2, 0.25) is 0 Å². The number of hydrogen-bond acceptors (Lipinski definition) is 5. The molecule has 1 aliphatic rings.